The molecule has 0 heterocycles. The van der Waals surface area contributed by atoms with E-state index in [-0.39, 0.29) is 30.5 Å². The Labute approximate surface area is 149 Å². The molecule has 0 aliphatic carbocycles. The summed E-state index contributed by atoms with van der Waals surface area (Å²) < 4.78 is 31.4. The molecule has 0 aromatic heterocycles. The molecule has 0 saturated heterocycles. The first-order valence-electron chi connectivity index (χ1n) is 8.16. The molecule has 0 aliphatic heterocycles. The molecule has 0 unspecified atom stereocenters. The van der Waals surface area contributed by atoms with Crippen molar-refractivity contribution in [2.45, 2.75) is 51.0 Å². The Bertz CT molecular complexity index is 681. The monoisotopic (exact) mass is 370 g/mol. The van der Waals surface area contributed by atoms with E-state index in [1.165, 1.54) is 12.1 Å². The third-order valence-corrected chi connectivity index (χ3v) is 4.77. The molecule has 0 spiro atoms. The lowest BCUT2D eigenvalue weighted by atomic mass is 10.0. The summed E-state index contributed by atoms with van der Waals surface area (Å²) in [4.78, 5) is 23.0. The number of benzene rings is 1. The summed E-state index contributed by atoms with van der Waals surface area (Å²) in [6.45, 7) is 7.16. The van der Waals surface area contributed by atoms with Crippen LogP contribution in [-0.2, 0) is 24.3 Å². The maximum atomic E-state index is 12.2. The smallest absolute Gasteiger partial charge is 0.307 e. The number of carbonyl (C=O) groups is 2. The van der Waals surface area contributed by atoms with E-state index >= 15 is 0 Å². The van der Waals surface area contributed by atoms with Crippen LogP contribution in [0, 0.1) is 0 Å². The first-order valence-corrected chi connectivity index (χ1v) is 9.64. The Hall–Kier alpha value is -1.93. The van der Waals surface area contributed by atoms with Crippen LogP contribution in [0.5, 0.6) is 0 Å². The van der Waals surface area contributed by atoms with Gasteiger partial charge in [-0.2, -0.15) is 0 Å². The van der Waals surface area contributed by atoms with E-state index in [0.29, 0.717) is 5.92 Å². The minimum Gasteiger partial charge on any atom is -0.456 e. The van der Waals surface area contributed by atoms with Crippen molar-refractivity contribution >= 4 is 21.9 Å². The van der Waals surface area contributed by atoms with Gasteiger partial charge in [-0.1, -0.05) is 26.0 Å². The zero-order chi connectivity index (χ0) is 19.0. The molecule has 25 heavy (non-hydrogen) atoms. The predicted molar refractivity (Wildman–Crippen MR) is 94.6 cm³/mol. The Morgan fingerprint density at radius 3 is 2.20 bits per heavy atom. The maximum Gasteiger partial charge on any atom is 0.307 e. The van der Waals surface area contributed by atoms with Gasteiger partial charge in [-0.25, -0.2) is 13.1 Å². The normalized spacial score (nSPS) is 11.6. The summed E-state index contributed by atoms with van der Waals surface area (Å²) in [6, 6.07) is 6.56. The van der Waals surface area contributed by atoms with E-state index < -0.39 is 21.9 Å². The van der Waals surface area contributed by atoms with E-state index in [1.807, 2.05) is 13.8 Å². The van der Waals surface area contributed by atoms with Crippen LogP contribution in [0.3, 0.4) is 0 Å². The second-order valence-electron chi connectivity index (χ2n) is 6.25. The summed E-state index contributed by atoms with van der Waals surface area (Å²) >= 11 is 0. The minimum atomic E-state index is -3.68. The summed E-state index contributed by atoms with van der Waals surface area (Å²) in [5, 5.41) is 2.58. The Kier molecular flexibility index (Phi) is 8.05. The fourth-order valence-electron chi connectivity index (χ4n) is 1.98. The highest BCUT2D eigenvalue weighted by Gasteiger charge is 2.15. The van der Waals surface area contributed by atoms with Gasteiger partial charge in [0.15, 0.2) is 6.61 Å². The van der Waals surface area contributed by atoms with Crippen LogP contribution >= 0.6 is 0 Å². The van der Waals surface area contributed by atoms with Gasteiger partial charge in [0.05, 0.1) is 11.3 Å². The summed E-state index contributed by atoms with van der Waals surface area (Å²) in [7, 11) is -3.68. The summed E-state index contributed by atoms with van der Waals surface area (Å²) in [5.41, 5.74) is 1.04. The number of nitrogens with one attached hydrogen (secondary N) is 2. The highest BCUT2D eigenvalue weighted by atomic mass is 32.2. The SMILES string of the molecule is CC(C)NC(=O)COC(=O)CCNS(=O)(=O)c1ccc(C(C)C)cc1. The number of amides is 1. The first-order chi connectivity index (χ1) is 11.6. The van der Waals surface area contributed by atoms with Crippen molar-refractivity contribution < 1.29 is 22.7 Å². The molecule has 0 atom stereocenters. The predicted octanol–water partition coefficient (Wildman–Crippen LogP) is 1.55. The van der Waals surface area contributed by atoms with E-state index in [1.54, 1.807) is 26.0 Å². The van der Waals surface area contributed by atoms with Gasteiger partial charge in [-0.3, -0.25) is 9.59 Å². The van der Waals surface area contributed by atoms with Crippen LogP contribution in [0.4, 0.5) is 0 Å². The molecule has 0 saturated carbocycles. The Balaban J connectivity index is 2.43. The van der Waals surface area contributed by atoms with Crippen molar-refractivity contribution in [3.63, 3.8) is 0 Å². The summed E-state index contributed by atoms with van der Waals surface area (Å²) in [6.07, 6.45) is -0.154. The van der Waals surface area contributed by atoms with Gasteiger partial charge in [0.25, 0.3) is 5.91 Å². The molecule has 1 amide bonds. The number of hydrogen-bond donors (Lipinski definition) is 2. The quantitative estimate of drug-likeness (QED) is 0.642. The second-order valence-corrected chi connectivity index (χ2v) is 8.02. The van der Waals surface area contributed by atoms with Gasteiger partial charge < -0.3 is 10.1 Å². The van der Waals surface area contributed by atoms with Crippen molar-refractivity contribution in [1.82, 2.24) is 10.0 Å². The Morgan fingerprint density at radius 2 is 1.68 bits per heavy atom. The van der Waals surface area contributed by atoms with Gasteiger partial charge in [0, 0.05) is 12.6 Å². The van der Waals surface area contributed by atoms with Gasteiger partial charge in [0.2, 0.25) is 10.0 Å². The molecule has 140 valence electrons. The molecule has 1 aromatic rings. The highest BCUT2D eigenvalue weighted by molar-refractivity contribution is 7.89. The second kappa shape index (κ2) is 9.53. The molecule has 0 radical (unpaired) electrons. The average Bonchev–Trinajstić information content (AvgIpc) is 2.52. The van der Waals surface area contributed by atoms with Crippen LogP contribution < -0.4 is 10.0 Å². The fraction of sp³-hybridized carbons (Fsp3) is 0.529. The maximum absolute atomic E-state index is 12.2. The lowest BCUT2D eigenvalue weighted by Gasteiger charge is -2.10. The minimum absolute atomic E-state index is 0.0416. The van der Waals surface area contributed by atoms with Crippen molar-refractivity contribution in [3.05, 3.63) is 29.8 Å². The number of rotatable bonds is 9. The van der Waals surface area contributed by atoms with Crippen LogP contribution in [0.25, 0.3) is 0 Å². The molecular formula is C17H26N2O5S. The highest BCUT2D eigenvalue weighted by Crippen LogP contribution is 2.17. The molecule has 0 aliphatic rings. The Morgan fingerprint density at radius 1 is 1.08 bits per heavy atom. The number of hydrogen-bond acceptors (Lipinski definition) is 5. The number of esters is 1. The molecule has 1 rings (SSSR count). The van der Waals surface area contributed by atoms with Crippen LogP contribution in [0.15, 0.2) is 29.2 Å². The largest absolute Gasteiger partial charge is 0.456 e. The molecule has 7 nitrogen and oxygen atoms in total. The zero-order valence-corrected chi connectivity index (χ0v) is 15.9. The first kappa shape index (κ1) is 21.1. The van der Waals surface area contributed by atoms with Crippen molar-refractivity contribution in [2.24, 2.45) is 0 Å². The summed E-state index contributed by atoms with van der Waals surface area (Å²) in [5.74, 6) is -0.724. The van der Waals surface area contributed by atoms with Crippen LogP contribution in [-0.4, -0.2) is 39.5 Å². The lowest BCUT2D eigenvalue weighted by molar-refractivity contribution is -0.148. The van der Waals surface area contributed by atoms with Crippen LogP contribution in [0.2, 0.25) is 0 Å². The van der Waals surface area contributed by atoms with Crippen molar-refractivity contribution in [3.8, 4) is 0 Å². The average molecular weight is 370 g/mol. The number of carbonyl (C=O) groups excluding carboxylic acids is 2. The fourth-order valence-corrected chi connectivity index (χ4v) is 3.02. The van der Waals surface area contributed by atoms with Crippen molar-refractivity contribution in [2.75, 3.05) is 13.2 Å². The van der Waals surface area contributed by atoms with Gasteiger partial charge in [0.1, 0.15) is 0 Å². The molecular weight excluding hydrogens is 344 g/mol. The topological polar surface area (TPSA) is 102 Å². The number of ether oxygens (including phenoxy) is 1. The van der Waals surface area contributed by atoms with E-state index in [4.69, 9.17) is 4.74 Å². The van der Waals surface area contributed by atoms with Crippen LogP contribution in [0.1, 0.15) is 45.6 Å². The standard InChI is InChI=1S/C17H26N2O5S/c1-12(2)14-5-7-15(8-6-14)25(22,23)18-10-9-17(21)24-11-16(20)19-13(3)4/h5-8,12-13,18H,9-11H2,1-4H3,(H,19,20). The molecule has 0 bridgehead atoms. The molecule has 2 N–H and O–H groups in total. The molecule has 8 heteroatoms. The molecule has 0 fully saturated rings. The van der Waals surface area contributed by atoms with Gasteiger partial charge >= 0.3 is 5.97 Å². The molecule has 1 aromatic carbocycles. The zero-order valence-electron chi connectivity index (χ0n) is 15.0. The van der Waals surface area contributed by atoms with Gasteiger partial charge in [-0.05, 0) is 37.5 Å². The third kappa shape index (κ3) is 7.66. The lowest BCUT2D eigenvalue weighted by Crippen LogP contribution is -2.34. The number of sulfonamides is 1. The third-order valence-electron chi connectivity index (χ3n) is 3.29. The van der Waals surface area contributed by atoms with E-state index in [2.05, 4.69) is 10.0 Å². The van der Waals surface area contributed by atoms with Gasteiger partial charge in [-0.15, -0.1) is 0 Å². The van der Waals surface area contributed by atoms with E-state index in [0.717, 1.165) is 5.56 Å². The van der Waals surface area contributed by atoms with E-state index in [9.17, 15) is 18.0 Å². The van der Waals surface area contributed by atoms with Crippen molar-refractivity contribution in [1.29, 1.82) is 0 Å².